The number of carbonyl (C=O) groups excluding carboxylic acids is 1. The largest absolute Gasteiger partial charge is 0.497 e. The molecule has 29 heavy (non-hydrogen) atoms. The molecule has 2 amide bonds. The smallest absolute Gasteiger partial charge is 0.322 e. The van der Waals surface area contributed by atoms with E-state index in [0.717, 1.165) is 17.8 Å². The second-order valence-electron chi connectivity index (χ2n) is 7.13. The molecule has 1 aliphatic rings. The topological polar surface area (TPSA) is 55.7 Å². The van der Waals surface area contributed by atoms with Gasteiger partial charge in [-0.1, -0.05) is 29.8 Å². The van der Waals surface area contributed by atoms with Gasteiger partial charge in [-0.05, 0) is 36.8 Å². The number of nitrogens with zero attached hydrogens (tertiary/aromatic N) is 2. The number of benzene rings is 2. The highest BCUT2D eigenvalue weighted by Crippen LogP contribution is 2.34. The van der Waals surface area contributed by atoms with Crippen LogP contribution in [0.5, 0.6) is 11.5 Å². The zero-order valence-corrected chi connectivity index (χ0v) is 16.9. The van der Waals surface area contributed by atoms with Gasteiger partial charge in [0, 0.05) is 31.0 Å². The first-order valence-corrected chi connectivity index (χ1v) is 9.62. The lowest BCUT2D eigenvalue weighted by Crippen LogP contribution is -2.44. The highest BCUT2D eigenvalue weighted by atomic mass is 16.5. The summed E-state index contributed by atoms with van der Waals surface area (Å²) < 4.78 is 12.9. The van der Waals surface area contributed by atoms with Gasteiger partial charge in [-0.2, -0.15) is 0 Å². The van der Waals surface area contributed by atoms with Crippen LogP contribution in [0, 0.1) is 6.92 Å². The summed E-state index contributed by atoms with van der Waals surface area (Å²) in [5, 5.41) is 3.01. The van der Waals surface area contributed by atoms with Gasteiger partial charge in [0.2, 0.25) is 0 Å². The number of aromatic nitrogens is 1. The Hall–Kier alpha value is -3.41. The van der Waals surface area contributed by atoms with Crippen LogP contribution in [-0.2, 0) is 6.54 Å². The average Bonchev–Trinajstić information content (AvgIpc) is 3.23. The molecule has 1 aromatic heterocycles. The maximum atomic E-state index is 13.3. The van der Waals surface area contributed by atoms with Crippen molar-refractivity contribution in [3.8, 4) is 11.5 Å². The van der Waals surface area contributed by atoms with E-state index in [1.54, 1.807) is 32.4 Å². The van der Waals surface area contributed by atoms with E-state index in [2.05, 4.69) is 53.3 Å². The van der Waals surface area contributed by atoms with E-state index >= 15 is 0 Å². The number of carbonyl (C=O) groups is 1. The van der Waals surface area contributed by atoms with Gasteiger partial charge < -0.3 is 24.3 Å². The standard InChI is InChI=1S/C23H25N3O3/c1-16-6-8-17(9-7-16)22-20-5-4-12-25(20)13-14-26(22)23(27)24-19-11-10-18(28-2)15-21(19)29-3/h4-12,15,22H,13-14H2,1-3H3,(H,24,27). The maximum absolute atomic E-state index is 13.3. The lowest BCUT2D eigenvalue weighted by molar-refractivity contribution is 0.181. The molecule has 0 saturated heterocycles. The number of aryl methyl sites for hydroxylation is 1. The molecule has 1 N–H and O–H groups in total. The summed E-state index contributed by atoms with van der Waals surface area (Å²) in [4.78, 5) is 15.2. The van der Waals surface area contributed by atoms with Crippen LogP contribution in [0.25, 0.3) is 0 Å². The Labute approximate surface area is 170 Å². The van der Waals surface area contributed by atoms with E-state index in [9.17, 15) is 4.79 Å². The first kappa shape index (κ1) is 18.9. The first-order valence-electron chi connectivity index (χ1n) is 9.62. The minimum Gasteiger partial charge on any atom is -0.497 e. The van der Waals surface area contributed by atoms with Gasteiger partial charge in [0.1, 0.15) is 11.5 Å². The quantitative estimate of drug-likeness (QED) is 0.715. The number of hydrogen-bond donors (Lipinski definition) is 1. The normalized spacial score (nSPS) is 15.6. The summed E-state index contributed by atoms with van der Waals surface area (Å²) in [6.45, 7) is 3.44. The van der Waals surface area contributed by atoms with Crippen molar-refractivity contribution in [1.29, 1.82) is 0 Å². The average molecular weight is 391 g/mol. The molecule has 150 valence electrons. The molecule has 6 heteroatoms. The van der Waals surface area contributed by atoms with E-state index in [0.29, 0.717) is 23.7 Å². The van der Waals surface area contributed by atoms with E-state index in [1.807, 2.05) is 11.0 Å². The van der Waals surface area contributed by atoms with Crippen LogP contribution in [0.2, 0.25) is 0 Å². The summed E-state index contributed by atoms with van der Waals surface area (Å²) >= 11 is 0. The number of fused-ring (bicyclic) bond motifs is 1. The van der Waals surface area contributed by atoms with Gasteiger partial charge >= 0.3 is 6.03 Å². The molecule has 3 aromatic rings. The Kier molecular flexibility index (Phi) is 5.16. The highest BCUT2D eigenvalue weighted by Gasteiger charge is 2.32. The van der Waals surface area contributed by atoms with Gasteiger partial charge in [-0.15, -0.1) is 0 Å². The Balaban J connectivity index is 1.66. The van der Waals surface area contributed by atoms with E-state index in [4.69, 9.17) is 9.47 Å². The van der Waals surface area contributed by atoms with Crippen LogP contribution in [0.3, 0.4) is 0 Å². The van der Waals surface area contributed by atoms with Gasteiger partial charge in [-0.3, -0.25) is 0 Å². The third kappa shape index (κ3) is 3.66. The third-order valence-corrected chi connectivity index (χ3v) is 5.34. The summed E-state index contributed by atoms with van der Waals surface area (Å²) in [7, 11) is 3.18. The van der Waals surface area contributed by atoms with E-state index < -0.39 is 0 Å². The molecule has 2 heterocycles. The van der Waals surface area contributed by atoms with Crippen molar-refractivity contribution in [2.45, 2.75) is 19.5 Å². The molecule has 4 rings (SSSR count). The number of nitrogens with one attached hydrogen (secondary N) is 1. The van der Waals surface area contributed by atoms with Crippen molar-refractivity contribution in [2.24, 2.45) is 0 Å². The molecule has 2 aromatic carbocycles. The highest BCUT2D eigenvalue weighted by molar-refractivity contribution is 5.91. The van der Waals surface area contributed by atoms with E-state index in [1.165, 1.54) is 5.56 Å². The second kappa shape index (κ2) is 7.91. The fourth-order valence-electron chi connectivity index (χ4n) is 3.79. The fraction of sp³-hybridized carbons (Fsp3) is 0.261. The molecule has 0 spiro atoms. The van der Waals surface area contributed by atoms with Gasteiger partial charge in [0.15, 0.2) is 0 Å². The molecule has 1 atom stereocenters. The molecule has 6 nitrogen and oxygen atoms in total. The maximum Gasteiger partial charge on any atom is 0.322 e. The third-order valence-electron chi connectivity index (χ3n) is 5.34. The van der Waals surface area contributed by atoms with Crippen molar-refractivity contribution in [3.05, 3.63) is 77.6 Å². The molecule has 0 fully saturated rings. The second-order valence-corrected chi connectivity index (χ2v) is 7.13. The van der Waals surface area contributed by atoms with Crippen molar-refractivity contribution >= 4 is 11.7 Å². The number of urea groups is 1. The SMILES string of the molecule is COc1ccc(NC(=O)N2CCn3cccc3C2c2ccc(C)cc2)c(OC)c1. The Morgan fingerprint density at radius 1 is 1.03 bits per heavy atom. The number of rotatable bonds is 4. The Morgan fingerprint density at radius 2 is 1.83 bits per heavy atom. The molecule has 0 radical (unpaired) electrons. The minimum absolute atomic E-state index is 0.149. The lowest BCUT2D eigenvalue weighted by Gasteiger charge is -2.37. The van der Waals surface area contributed by atoms with Gasteiger partial charge in [0.25, 0.3) is 0 Å². The monoisotopic (exact) mass is 391 g/mol. The van der Waals surface area contributed by atoms with E-state index in [-0.39, 0.29) is 12.1 Å². The summed E-state index contributed by atoms with van der Waals surface area (Å²) in [5.41, 5.74) is 4.00. The molecule has 0 bridgehead atoms. The predicted molar refractivity (Wildman–Crippen MR) is 113 cm³/mol. The Morgan fingerprint density at radius 3 is 2.55 bits per heavy atom. The van der Waals surface area contributed by atoms with Crippen LogP contribution in [0.15, 0.2) is 60.8 Å². The number of amides is 2. The molecule has 1 unspecified atom stereocenters. The zero-order valence-electron chi connectivity index (χ0n) is 16.9. The lowest BCUT2D eigenvalue weighted by atomic mass is 9.99. The molecular formula is C23H25N3O3. The molecule has 1 aliphatic heterocycles. The van der Waals surface area contributed by atoms with Crippen molar-refractivity contribution < 1.29 is 14.3 Å². The van der Waals surface area contributed by atoms with Crippen LogP contribution >= 0.6 is 0 Å². The van der Waals surface area contributed by atoms with Gasteiger partial charge in [0.05, 0.1) is 25.9 Å². The summed E-state index contributed by atoms with van der Waals surface area (Å²) in [6, 6.07) is 17.5. The van der Waals surface area contributed by atoms with Crippen LogP contribution in [-0.4, -0.2) is 36.3 Å². The number of anilines is 1. The van der Waals surface area contributed by atoms with Crippen LogP contribution in [0.1, 0.15) is 22.9 Å². The number of methoxy groups -OCH3 is 2. The zero-order chi connectivity index (χ0) is 20.4. The van der Waals surface area contributed by atoms with Crippen LogP contribution < -0.4 is 14.8 Å². The predicted octanol–water partition coefficient (Wildman–Crippen LogP) is 4.45. The van der Waals surface area contributed by atoms with Crippen LogP contribution in [0.4, 0.5) is 10.5 Å². The Bertz CT molecular complexity index is 1010. The summed E-state index contributed by atoms with van der Waals surface area (Å²) in [6.07, 6.45) is 2.07. The fourth-order valence-corrected chi connectivity index (χ4v) is 3.79. The number of ether oxygens (including phenoxy) is 2. The number of hydrogen-bond acceptors (Lipinski definition) is 3. The molecule has 0 aliphatic carbocycles. The minimum atomic E-state index is -0.161. The molecular weight excluding hydrogens is 366 g/mol. The molecule has 0 saturated carbocycles. The van der Waals surface area contributed by atoms with Crippen molar-refractivity contribution in [2.75, 3.05) is 26.1 Å². The summed E-state index contributed by atoms with van der Waals surface area (Å²) in [5.74, 6) is 1.23. The van der Waals surface area contributed by atoms with Crippen molar-refractivity contribution in [1.82, 2.24) is 9.47 Å². The van der Waals surface area contributed by atoms with Crippen molar-refractivity contribution in [3.63, 3.8) is 0 Å². The van der Waals surface area contributed by atoms with Gasteiger partial charge in [-0.25, -0.2) is 4.79 Å². The first-order chi connectivity index (χ1) is 14.1.